The zero-order valence-corrected chi connectivity index (χ0v) is 7.00. The van der Waals surface area contributed by atoms with Crippen molar-refractivity contribution in [2.45, 2.75) is 38.1 Å². The molecule has 0 aromatic heterocycles. The second kappa shape index (κ2) is 3.24. The lowest BCUT2D eigenvalue weighted by molar-refractivity contribution is 0.265. The van der Waals surface area contributed by atoms with Crippen molar-refractivity contribution in [3.05, 3.63) is 0 Å². The molecule has 2 aliphatic rings. The monoisotopic (exact) mass is 152 g/mol. The molecular weight excluding hydrogens is 136 g/mol. The summed E-state index contributed by atoms with van der Waals surface area (Å²) >= 11 is 0. The summed E-state index contributed by atoms with van der Waals surface area (Å²) in [5.74, 6) is 0. The minimum absolute atomic E-state index is 0.829. The van der Waals surface area contributed by atoms with E-state index in [0.29, 0.717) is 0 Å². The lowest BCUT2D eigenvalue weighted by Crippen LogP contribution is -2.34. The van der Waals surface area contributed by atoms with Crippen molar-refractivity contribution in [2.24, 2.45) is 4.99 Å². The van der Waals surface area contributed by atoms with Crippen LogP contribution in [0.15, 0.2) is 4.99 Å². The summed E-state index contributed by atoms with van der Waals surface area (Å²) < 4.78 is 0. The van der Waals surface area contributed by atoms with Crippen LogP contribution in [0.4, 0.5) is 0 Å². The maximum absolute atomic E-state index is 4.24. The Morgan fingerprint density at radius 2 is 2.00 bits per heavy atom. The highest BCUT2D eigenvalue weighted by atomic mass is 15.2. The topological polar surface area (TPSA) is 15.6 Å². The minimum Gasteiger partial charge on any atom is -0.358 e. The molecule has 0 atom stereocenters. The fourth-order valence-electron chi connectivity index (χ4n) is 2.08. The van der Waals surface area contributed by atoms with E-state index in [-0.39, 0.29) is 0 Å². The molecule has 62 valence electrons. The number of hydrogen-bond donors (Lipinski definition) is 0. The third-order valence-electron chi connectivity index (χ3n) is 2.76. The second-order valence-electron chi connectivity index (χ2n) is 3.55. The molecule has 0 unspecified atom stereocenters. The Labute approximate surface area is 68.3 Å². The zero-order chi connectivity index (χ0) is 7.52. The standard InChI is InChI=1S/C9H16N2/c1-2-4-9(5-3-1)11-7-6-10-8-11/h8-9H,1-7H2. The summed E-state index contributed by atoms with van der Waals surface area (Å²) in [6, 6.07) is 0.829. The van der Waals surface area contributed by atoms with Crippen LogP contribution in [-0.4, -0.2) is 30.4 Å². The molecule has 0 N–H and O–H groups in total. The molecule has 0 aromatic carbocycles. The smallest absolute Gasteiger partial charge is 0.0853 e. The van der Waals surface area contributed by atoms with E-state index < -0.39 is 0 Å². The summed E-state index contributed by atoms with van der Waals surface area (Å²) in [6.45, 7) is 2.20. The molecule has 2 nitrogen and oxygen atoms in total. The molecular formula is C9H16N2. The first kappa shape index (κ1) is 7.14. The van der Waals surface area contributed by atoms with Gasteiger partial charge >= 0.3 is 0 Å². The minimum atomic E-state index is 0.829. The van der Waals surface area contributed by atoms with E-state index in [4.69, 9.17) is 0 Å². The average molecular weight is 152 g/mol. The number of aliphatic imine (C=N–C) groups is 1. The van der Waals surface area contributed by atoms with Gasteiger partial charge in [0.05, 0.1) is 12.9 Å². The largest absolute Gasteiger partial charge is 0.358 e. The van der Waals surface area contributed by atoms with Gasteiger partial charge in [-0.3, -0.25) is 4.99 Å². The lowest BCUT2D eigenvalue weighted by Gasteiger charge is -2.29. The van der Waals surface area contributed by atoms with Crippen LogP contribution in [-0.2, 0) is 0 Å². The van der Waals surface area contributed by atoms with Crippen molar-refractivity contribution < 1.29 is 0 Å². The molecule has 0 bridgehead atoms. The van der Waals surface area contributed by atoms with Crippen LogP contribution < -0.4 is 0 Å². The molecule has 2 heteroatoms. The summed E-state index contributed by atoms with van der Waals surface area (Å²) in [4.78, 5) is 6.67. The number of hydrogen-bond acceptors (Lipinski definition) is 2. The molecule has 1 heterocycles. The highest BCUT2D eigenvalue weighted by Crippen LogP contribution is 2.22. The molecule has 1 aliphatic carbocycles. The Morgan fingerprint density at radius 3 is 2.64 bits per heavy atom. The van der Waals surface area contributed by atoms with Gasteiger partial charge in [-0.15, -0.1) is 0 Å². The lowest BCUT2D eigenvalue weighted by atomic mass is 9.95. The Kier molecular flexibility index (Phi) is 2.11. The van der Waals surface area contributed by atoms with E-state index in [1.54, 1.807) is 0 Å². The summed E-state index contributed by atoms with van der Waals surface area (Å²) in [6.07, 6.45) is 9.14. The van der Waals surface area contributed by atoms with Crippen molar-refractivity contribution in [2.75, 3.05) is 13.1 Å². The summed E-state index contributed by atoms with van der Waals surface area (Å²) in [7, 11) is 0. The predicted octanol–water partition coefficient (Wildman–Crippen LogP) is 1.66. The van der Waals surface area contributed by atoms with Crippen LogP contribution in [0.3, 0.4) is 0 Å². The van der Waals surface area contributed by atoms with Gasteiger partial charge in [-0.1, -0.05) is 19.3 Å². The van der Waals surface area contributed by atoms with Crippen molar-refractivity contribution in [3.8, 4) is 0 Å². The van der Waals surface area contributed by atoms with Gasteiger partial charge < -0.3 is 4.90 Å². The Bertz CT molecular complexity index is 148. The van der Waals surface area contributed by atoms with Gasteiger partial charge in [0, 0.05) is 12.6 Å². The fraction of sp³-hybridized carbons (Fsp3) is 0.889. The van der Waals surface area contributed by atoms with E-state index >= 15 is 0 Å². The highest BCUT2D eigenvalue weighted by molar-refractivity contribution is 5.57. The van der Waals surface area contributed by atoms with Crippen molar-refractivity contribution in [1.82, 2.24) is 4.90 Å². The van der Waals surface area contributed by atoms with Crippen LogP contribution in [0, 0.1) is 0 Å². The fourth-order valence-corrected chi connectivity index (χ4v) is 2.08. The van der Waals surface area contributed by atoms with Crippen LogP contribution in [0.5, 0.6) is 0 Å². The first-order chi connectivity index (χ1) is 5.47. The van der Waals surface area contributed by atoms with Gasteiger partial charge in [0.2, 0.25) is 0 Å². The van der Waals surface area contributed by atoms with Crippen LogP contribution >= 0.6 is 0 Å². The zero-order valence-electron chi connectivity index (χ0n) is 7.00. The summed E-state index contributed by atoms with van der Waals surface area (Å²) in [5, 5.41) is 0. The number of rotatable bonds is 1. The Morgan fingerprint density at radius 1 is 1.18 bits per heavy atom. The highest BCUT2D eigenvalue weighted by Gasteiger charge is 2.19. The molecule has 0 saturated heterocycles. The number of nitrogens with zero attached hydrogens (tertiary/aromatic N) is 2. The van der Waals surface area contributed by atoms with Gasteiger partial charge in [0.25, 0.3) is 0 Å². The maximum Gasteiger partial charge on any atom is 0.0853 e. The van der Waals surface area contributed by atoms with E-state index in [2.05, 4.69) is 16.2 Å². The molecule has 0 radical (unpaired) electrons. The van der Waals surface area contributed by atoms with E-state index in [1.165, 1.54) is 38.6 Å². The molecule has 1 aliphatic heterocycles. The van der Waals surface area contributed by atoms with Gasteiger partial charge in [-0.2, -0.15) is 0 Å². The third kappa shape index (κ3) is 1.55. The average Bonchev–Trinajstić information content (AvgIpc) is 2.58. The molecule has 0 aromatic rings. The SMILES string of the molecule is C1=NCCN1C1CCCCC1. The van der Waals surface area contributed by atoms with E-state index in [9.17, 15) is 0 Å². The van der Waals surface area contributed by atoms with E-state index in [0.717, 1.165) is 12.6 Å². The summed E-state index contributed by atoms with van der Waals surface area (Å²) in [5.41, 5.74) is 0. The van der Waals surface area contributed by atoms with Gasteiger partial charge in [0.15, 0.2) is 0 Å². The second-order valence-corrected chi connectivity index (χ2v) is 3.55. The Hall–Kier alpha value is -0.530. The Balaban J connectivity index is 1.87. The van der Waals surface area contributed by atoms with Gasteiger partial charge in [-0.05, 0) is 12.8 Å². The first-order valence-electron chi connectivity index (χ1n) is 4.72. The first-order valence-corrected chi connectivity index (χ1v) is 4.72. The normalized spacial score (nSPS) is 26.4. The molecule has 0 spiro atoms. The molecule has 2 rings (SSSR count). The quantitative estimate of drug-likeness (QED) is 0.558. The van der Waals surface area contributed by atoms with Crippen LogP contribution in [0.25, 0.3) is 0 Å². The molecule has 11 heavy (non-hydrogen) atoms. The molecule has 1 saturated carbocycles. The van der Waals surface area contributed by atoms with Gasteiger partial charge in [0.1, 0.15) is 0 Å². The predicted molar refractivity (Wildman–Crippen MR) is 46.9 cm³/mol. The van der Waals surface area contributed by atoms with Crippen molar-refractivity contribution >= 4 is 6.34 Å². The van der Waals surface area contributed by atoms with Crippen molar-refractivity contribution in [3.63, 3.8) is 0 Å². The third-order valence-corrected chi connectivity index (χ3v) is 2.76. The molecule has 0 amide bonds. The molecule has 1 fully saturated rings. The van der Waals surface area contributed by atoms with Crippen LogP contribution in [0.1, 0.15) is 32.1 Å². The van der Waals surface area contributed by atoms with E-state index in [1.807, 2.05) is 0 Å². The van der Waals surface area contributed by atoms with Crippen molar-refractivity contribution in [1.29, 1.82) is 0 Å². The maximum atomic E-state index is 4.24. The van der Waals surface area contributed by atoms with Gasteiger partial charge in [-0.25, -0.2) is 0 Å². The van der Waals surface area contributed by atoms with Crippen LogP contribution in [0.2, 0.25) is 0 Å².